The zero-order chi connectivity index (χ0) is 5.82. The van der Waals surface area contributed by atoms with Crippen molar-refractivity contribution in [2.75, 3.05) is 7.05 Å². The van der Waals surface area contributed by atoms with Crippen molar-refractivity contribution < 1.29 is 0 Å². The normalized spacial score (nSPS) is 9.62. The summed E-state index contributed by atoms with van der Waals surface area (Å²) >= 11 is 0. The molecule has 0 aliphatic heterocycles. The molecule has 0 bridgehead atoms. The zero-order valence-corrected chi connectivity index (χ0v) is 4.81. The highest BCUT2D eigenvalue weighted by molar-refractivity contribution is 5.00. The lowest BCUT2D eigenvalue weighted by Crippen LogP contribution is -2.03. The predicted octanol–water partition coefficient (Wildman–Crippen LogP) is 0.129. The molecule has 0 spiro atoms. The van der Waals surface area contributed by atoms with E-state index >= 15 is 0 Å². The third-order valence-electron chi connectivity index (χ3n) is 0.936. The minimum Gasteiger partial charge on any atom is -0.316 e. The largest absolute Gasteiger partial charge is 0.316 e. The van der Waals surface area contributed by atoms with Gasteiger partial charge in [-0.05, 0) is 7.05 Å². The highest BCUT2D eigenvalue weighted by atomic mass is 15.1. The van der Waals surface area contributed by atoms with Gasteiger partial charge in [-0.15, -0.1) is 0 Å². The van der Waals surface area contributed by atoms with Crippen LogP contribution in [0.5, 0.6) is 0 Å². The van der Waals surface area contributed by atoms with E-state index in [4.69, 9.17) is 0 Å². The maximum Gasteiger partial charge on any atom is 0.0532 e. The van der Waals surface area contributed by atoms with E-state index in [2.05, 4.69) is 15.5 Å². The summed E-state index contributed by atoms with van der Waals surface area (Å²) in [5.74, 6) is 0. The van der Waals surface area contributed by atoms with Gasteiger partial charge in [0.05, 0.1) is 6.20 Å². The Balaban J connectivity index is 2.50. The highest BCUT2D eigenvalue weighted by Gasteiger charge is 1.86. The minimum atomic E-state index is 0.885. The first-order valence-corrected chi connectivity index (χ1v) is 2.55. The first-order chi connectivity index (χ1) is 3.93. The molecule has 2 N–H and O–H groups in total. The molecule has 0 unspecified atom stereocenters. The van der Waals surface area contributed by atoms with Crippen molar-refractivity contribution in [2.45, 2.75) is 6.54 Å². The SMILES string of the molecule is CNCc1cn[nH]c1. The van der Waals surface area contributed by atoms with Gasteiger partial charge in [-0.3, -0.25) is 5.10 Å². The first kappa shape index (κ1) is 5.31. The van der Waals surface area contributed by atoms with Crippen LogP contribution in [-0.4, -0.2) is 17.2 Å². The molecule has 1 aromatic heterocycles. The van der Waals surface area contributed by atoms with Gasteiger partial charge in [-0.25, -0.2) is 0 Å². The molecule has 3 heteroatoms. The van der Waals surface area contributed by atoms with Crippen molar-refractivity contribution in [3.63, 3.8) is 0 Å². The van der Waals surface area contributed by atoms with Crippen molar-refractivity contribution in [3.8, 4) is 0 Å². The minimum absolute atomic E-state index is 0.885. The lowest BCUT2D eigenvalue weighted by Gasteiger charge is -1.88. The Morgan fingerprint density at radius 1 is 1.88 bits per heavy atom. The molecule has 0 amide bonds. The van der Waals surface area contributed by atoms with Crippen LogP contribution in [0, 0.1) is 0 Å². The van der Waals surface area contributed by atoms with Gasteiger partial charge in [0.15, 0.2) is 0 Å². The average Bonchev–Trinajstić information content (AvgIpc) is 2.19. The summed E-state index contributed by atoms with van der Waals surface area (Å²) in [6, 6.07) is 0. The van der Waals surface area contributed by atoms with Gasteiger partial charge < -0.3 is 5.32 Å². The number of rotatable bonds is 2. The van der Waals surface area contributed by atoms with Crippen LogP contribution in [-0.2, 0) is 6.54 Å². The molecule has 8 heavy (non-hydrogen) atoms. The number of aromatic nitrogens is 2. The van der Waals surface area contributed by atoms with E-state index < -0.39 is 0 Å². The molecule has 1 aromatic rings. The summed E-state index contributed by atoms with van der Waals surface area (Å²) in [5, 5.41) is 9.51. The standard InChI is InChI=1S/C5H9N3/c1-6-2-5-3-7-8-4-5/h3-4,6H,2H2,1H3,(H,7,8). The van der Waals surface area contributed by atoms with Gasteiger partial charge >= 0.3 is 0 Å². The third-order valence-corrected chi connectivity index (χ3v) is 0.936. The number of hydrogen-bond acceptors (Lipinski definition) is 2. The summed E-state index contributed by atoms with van der Waals surface area (Å²) < 4.78 is 0. The number of H-pyrrole nitrogens is 1. The maximum absolute atomic E-state index is 3.78. The van der Waals surface area contributed by atoms with Crippen molar-refractivity contribution >= 4 is 0 Å². The first-order valence-electron chi connectivity index (χ1n) is 2.55. The van der Waals surface area contributed by atoms with Crippen LogP contribution in [0.2, 0.25) is 0 Å². The van der Waals surface area contributed by atoms with Crippen LogP contribution in [0.25, 0.3) is 0 Å². The van der Waals surface area contributed by atoms with E-state index in [-0.39, 0.29) is 0 Å². The van der Waals surface area contributed by atoms with Gasteiger partial charge in [0, 0.05) is 18.3 Å². The van der Waals surface area contributed by atoms with Gasteiger partial charge in [0.1, 0.15) is 0 Å². The van der Waals surface area contributed by atoms with Crippen LogP contribution < -0.4 is 5.32 Å². The van der Waals surface area contributed by atoms with Crippen molar-refractivity contribution in [3.05, 3.63) is 18.0 Å². The van der Waals surface area contributed by atoms with Gasteiger partial charge in [0.25, 0.3) is 0 Å². The molecule has 0 aliphatic carbocycles. The Hall–Kier alpha value is -0.830. The fourth-order valence-corrected chi connectivity index (χ4v) is 0.578. The number of aromatic amines is 1. The molecule has 1 heterocycles. The molecule has 0 saturated heterocycles. The average molecular weight is 111 g/mol. The smallest absolute Gasteiger partial charge is 0.0532 e. The van der Waals surface area contributed by atoms with Crippen LogP contribution in [0.1, 0.15) is 5.56 Å². The lowest BCUT2D eigenvalue weighted by molar-refractivity contribution is 0.818. The molecular weight excluding hydrogens is 102 g/mol. The van der Waals surface area contributed by atoms with Crippen LogP contribution in [0.15, 0.2) is 12.4 Å². The number of nitrogens with one attached hydrogen (secondary N) is 2. The molecule has 0 aliphatic rings. The fourth-order valence-electron chi connectivity index (χ4n) is 0.578. The summed E-state index contributed by atoms with van der Waals surface area (Å²) in [7, 11) is 1.91. The van der Waals surface area contributed by atoms with Crippen LogP contribution >= 0.6 is 0 Å². The molecule has 0 radical (unpaired) electrons. The Morgan fingerprint density at radius 3 is 3.25 bits per heavy atom. The second kappa shape index (κ2) is 2.47. The second-order valence-electron chi connectivity index (χ2n) is 1.64. The summed E-state index contributed by atoms with van der Waals surface area (Å²) in [5.41, 5.74) is 1.19. The van der Waals surface area contributed by atoms with Crippen molar-refractivity contribution in [1.82, 2.24) is 15.5 Å². The van der Waals surface area contributed by atoms with Gasteiger partial charge in [0.2, 0.25) is 0 Å². The van der Waals surface area contributed by atoms with E-state index in [1.54, 1.807) is 6.20 Å². The summed E-state index contributed by atoms with van der Waals surface area (Å²) in [6.07, 6.45) is 3.67. The molecule has 0 saturated carbocycles. The van der Waals surface area contributed by atoms with Crippen LogP contribution in [0.3, 0.4) is 0 Å². The number of hydrogen-bond donors (Lipinski definition) is 2. The van der Waals surface area contributed by atoms with Crippen molar-refractivity contribution in [1.29, 1.82) is 0 Å². The zero-order valence-electron chi connectivity index (χ0n) is 4.81. The molecule has 3 nitrogen and oxygen atoms in total. The van der Waals surface area contributed by atoms with E-state index in [9.17, 15) is 0 Å². The van der Waals surface area contributed by atoms with E-state index in [1.165, 1.54) is 5.56 Å². The highest BCUT2D eigenvalue weighted by Crippen LogP contribution is 1.89. The molecule has 0 atom stereocenters. The molecule has 1 rings (SSSR count). The lowest BCUT2D eigenvalue weighted by atomic mass is 10.4. The van der Waals surface area contributed by atoms with E-state index in [0.717, 1.165) is 6.54 Å². The summed E-state index contributed by atoms with van der Waals surface area (Å²) in [6.45, 7) is 0.885. The third kappa shape index (κ3) is 1.07. The second-order valence-corrected chi connectivity index (χ2v) is 1.64. The van der Waals surface area contributed by atoms with Crippen LogP contribution in [0.4, 0.5) is 0 Å². The molecule has 0 aromatic carbocycles. The van der Waals surface area contributed by atoms with Gasteiger partial charge in [-0.2, -0.15) is 5.10 Å². The topological polar surface area (TPSA) is 40.7 Å². The van der Waals surface area contributed by atoms with E-state index in [1.807, 2.05) is 13.2 Å². The Labute approximate surface area is 48.1 Å². The van der Waals surface area contributed by atoms with Crippen molar-refractivity contribution in [2.24, 2.45) is 0 Å². The molecular formula is C5H9N3. The molecule has 0 fully saturated rings. The van der Waals surface area contributed by atoms with E-state index in [0.29, 0.717) is 0 Å². The Morgan fingerprint density at radius 2 is 2.75 bits per heavy atom. The Bertz CT molecular complexity index is 133. The summed E-state index contributed by atoms with van der Waals surface area (Å²) in [4.78, 5) is 0. The number of nitrogens with zero attached hydrogens (tertiary/aromatic N) is 1. The monoisotopic (exact) mass is 111 g/mol. The van der Waals surface area contributed by atoms with Gasteiger partial charge in [-0.1, -0.05) is 0 Å². The fraction of sp³-hybridized carbons (Fsp3) is 0.400. The predicted molar refractivity (Wildman–Crippen MR) is 31.4 cm³/mol. The molecule has 44 valence electrons. The quantitative estimate of drug-likeness (QED) is 0.569. The Kier molecular flexibility index (Phi) is 1.64. The maximum atomic E-state index is 3.78.